The van der Waals surface area contributed by atoms with Crippen LogP contribution in [0.2, 0.25) is 0 Å². The largest absolute Gasteiger partial charge is 0.445 e. The van der Waals surface area contributed by atoms with Gasteiger partial charge in [0, 0.05) is 18.0 Å². The molecule has 0 saturated carbocycles. The number of amides is 1. The zero-order chi connectivity index (χ0) is 17.0. The zero-order valence-electron chi connectivity index (χ0n) is 13.1. The fourth-order valence-corrected chi connectivity index (χ4v) is 5.73. The molecule has 1 aromatic heterocycles. The Bertz CT molecular complexity index is 772. The molecule has 128 valence electrons. The number of hydrogen-bond donors (Lipinski definition) is 0. The molecular formula is C17H19NO4S2. The van der Waals surface area contributed by atoms with Gasteiger partial charge in [0.25, 0.3) is 0 Å². The standard InChI is InChI=1S/C17H19NO4S2/c19-17(22-13-14-5-2-1-3-6-14)18-9-8-16(15-7-4-11-23-15)24(20,21)12-10-18/h1-7,11,16H,8-10,12-13H2/t16-/m1/s1. The molecule has 1 atom stereocenters. The lowest BCUT2D eigenvalue weighted by molar-refractivity contribution is 0.0985. The molecule has 2 aromatic rings. The lowest BCUT2D eigenvalue weighted by Gasteiger charge is -2.19. The summed E-state index contributed by atoms with van der Waals surface area (Å²) in [6, 6.07) is 13.1. The number of sulfone groups is 1. The van der Waals surface area contributed by atoms with E-state index < -0.39 is 21.2 Å². The second-order valence-electron chi connectivity index (χ2n) is 5.69. The van der Waals surface area contributed by atoms with Gasteiger partial charge in [-0.25, -0.2) is 13.2 Å². The highest BCUT2D eigenvalue weighted by Gasteiger charge is 2.33. The van der Waals surface area contributed by atoms with E-state index in [9.17, 15) is 13.2 Å². The molecule has 0 bridgehead atoms. The Morgan fingerprint density at radius 2 is 1.96 bits per heavy atom. The number of benzene rings is 1. The molecule has 3 rings (SSSR count). The van der Waals surface area contributed by atoms with Crippen molar-refractivity contribution in [2.24, 2.45) is 0 Å². The second-order valence-corrected chi connectivity index (χ2v) is 8.97. The van der Waals surface area contributed by atoms with Gasteiger partial charge in [-0.3, -0.25) is 0 Å². The first-order valence-corrected chi connectivity index (χ1v) is 10.4. The SMILES string of the molecule is O=C(OCc1ccccc1)N1CC[C@H](c2cccs2)S(=O)(=O)CC1. The number of nitrogens with zero attached hydrogens (tertiary/aromatic N) is 1. The van der Waals surface area contributed by atoms with Gasteiger partial charge in [-0.2, -0.15) is 0 Å². The van der Waals surface area contributed by atoms with Crippen LogP contribution >= 0.6 is 11.3 Å². The van der Waals surface area contributed by atoms with Crippen molar-refractivity contribution in [1.82, 2.24) is 4.90 Å². The molecule has 1 fully saturated rings. The monoisotopic (exact) mass is 365 g/mol. The van der Waals surface area contributed by atoms with Crippen LogP contribution in [0.25, 0.3) is 0 Å². The fraction of sp³-hybridized carbons (Fsp3) is 0.353. The predicted molar refractivity (Wildman–Crippen MR) is 93.7 cm³/mol. The summed E-state index contributed by atoms with van der Waals surface area (Å²) >= 11 is 1.44. The predicted octanol–water partition coefficient (Wildman–Crippen LogP) is 3.25. The molecule has 5 nitrogen and oxygen atoms in total. The van der Waals surface area contributed by atoms with Crippen molar-refractivity contribution in [2.75, 3.05) is 18.8 Å². The van der Waals surface area contributed by atoms with Crippen LogP contribution in [0.5, 0.6) is 0 Å². The van der Waals surface area contributed by atoms with E-state index in [-0.39, 0.29) is 18.9 Å². The number of carbonyl (C=O) groups excluding carboxylic acids is 1. The minimum absolute atomic E-state index is 0.0317. The molecule has 0 aliphatic carbocycles. The molecule has 1 aromatic carbocycles. The lowest BCUT2D eigenvalue weighted by Crippen LogP contribution is -2.34. The quantitative estimate of drug-likeness (QED) is 0.838. The van der Waals surface area contributed by atoms with Crippen LogP contribution in [0.1, 0.15) is 22.1 Å². The van der Waals surface area contributed by atoms with Crippen molar-refractivity contribution in [3.63, 3.8) is 0 Å². The molecule has 7 heteroatoms. The molecule has 2 heterocycles. The van der Waals surface area contributed by atoms with Crippen LogP contribution < -0.4 is 0 Å². The summed E-state index contributed by atoms with van der Waals surface area (Å²) in [5.41, 5.74) is 0.907. The van der Waals surface area contributed by atoms with E-state index in [1.807, 2.05) is 47.8 Å². The second kappa shape index (κ2) is 7.36. The molecular weight excluding hydrogens is 346 g/mol. The van der Waals surface area contributed by atoms with E-state index >= 15 is 0 Å². The molecule has 0 radical (unpaired) electrons. The zero-order valence-corrected chi connectivity index (χ0v) is 14.8. The van der Waals surface area contributed by atoms with Crippen LogP contribution in [0.3, 0.4) is 0 Å². The highest BCUT2D eigenvalue weighted by Crippen LogP contribution is 2.32. The lowest BCUT2D eigenvalue weighted by atomic mass is 10.2. The number of carbonyl (C=O) groups is 1. The Balaban J connectivity index is 1.63. The van der Waals surface area contributed by atoms with Gasteiger partial charge < -0.3 is 9.64 Å². The van der Waals surface area contributed by atoms with Gasteiger partial charge in [0.1, 0.15) is 6.61 Å². The van der Waals surface area contributed by atoms with E-state index in [0.717, 1.165) is 10.4 Å². The number of ether oxygens (including phenoxy) is 1. The summed E-state index contributed by atoms with van der Waals surface area (Å²) in [5, 5.41) is 1.35. The Hall–Kier alpha value is -1.86. The topological polar surface area (TPSA) is 63.7 Å². The number of thiophene rings is 1. The van der Waals surface area contributed by atoms with Gasteiger partial charge in [0.2, 0.25) is 0 Å². The van der Waals surface area contributed by atoms with Gasteiger partial charge in [0.05, 0.1) is 11.0 Å². The van der Waals surface area contributed by atoms with E-state index in [1.165, 1.54) is 16.2 Å². The summed E-state index contributed by atoms with van der Waals surface area (Å²) in [6.45, 7) is 0.754. The Kier molecular flexibility index (Phi) is 5.20. The van der Waals surface area contributed by atoms with Crippen molar-refractivity contribution in [1.29, 1.82) is 0 Å². The molecule has 1 aliphatic rings. The first-order chi connectivity index (χ1) is 11.6. The Labute approximate surface area is 145 Å². The van der Waals surface area contributed by atoms with E-state index in [1.54, 1.807) is 0 Å². The third-order valence-electron chi connectivity index (χ3n) is 4.06. The average molecular weight is 365 g/mol. The maximum atomic E-state index is 12.5. The molecule has 0 N–H and O–H groups in total. The van der Waals surface area contributed by atoms with E-state index in [2.05, 4.69) is 0 Å². The minimum atomic E-state index is -3.26. The van der Waals surface area contributed by atoms with Gasteiger partial charge in [-0.1, -0.05) is 36.4 Å². The fourth-order valence-electron chi connectivity index (χ4n) is 2.73. The van der Waals surface area contributed by atoms with Gasteiger partial charge >= 0.3 is 6.09 Å². The first-order valence-electron chi connectivity index (χ1n) is 7.77. The van der Waals surface area contributed by atoms with Crippen LogP contribution in [0, 0.1) is 0 Å². The van der Waals surface area contributed by atoms with Crippen molar-refractivity contribution in [2.45, 2.75) is 18.3 Å². The van der Waals surface area contributed by atoms with Gasteiger partial charge in [-0.05, 0) is 23.4 Å². The minimum Gasteiger partial charge on any atom is -0.445 e. The Morgan fingerprint density at radius 3 is 2.67 bits per heavy atom. The van der Waals surface area contributed by atoms with Crippen molar-refractivity contribution < 1.29 is 17.9 Å². The van der Waals surface area contributed by atoms with Gasteiger partial charge in [-0.15, -0.1) is 11.3 Å². The number of rotatable bonds is 3. The first kappa shape index (κ1) is 17.0. The van der Waals surface area contributed by atoms with E-state index in [4.69, 9.17) is 4.74 Å². The summed E-state index contributed by atoms with van der Waals surface area (Å²) in [4.78, 5) is 14.6. The molecule has 1 amide bonds. The summed E-state index contributed by atoms with van der Waals surface area (Å²) < 4.78 is 30.3. The summed E-state index contributed by atoms with van der Waals surface area (Å²) in [5.74, 6) is -0.0317. The normalized spacial score (nSPS) is 20.3. The third kappa shape index (κ3) is 3.96. The third-order valence-corrected chi connectivity index (χ3v) is 7.31. The summed E-state index contributed by atoms with van der Waals surface area (Å²) in [7, 11) is -3.26. The smallest absolute Gasteiger partial charge is 0.410 e. The summed E-state index contributed by atoms with van der Waals surface area (Å²) in [6.07, 6.45) is -0.0515. The highest BCUT2D eigenvalue weighted by molar-refractivity contribution is 7.91. The highest BCUT2D eigenvalue weighted by atomic mass is 32.2. The van der Waals surface area contributed by atoms with Crippen molar-refractivity contribution in [3.05, 3.63) is 58.3 Å². The van der Waals surface area contributed by atoms with Crippen molar-refractivity contribution in [3.8, 4) is 0 Å². The Morgan fingerprint density at radius 1 is 1.17 bits per heavy atom. The van der Waals surface area contributed by atoms with Crippen LogP contribution in [0.4, 0.5) is 4.79 Å². The maximum absolute atomic E-state index is 12.5. The van der Waals surface area contributed by atoms with Crippen LogP contribution in [0.15, 0.2) is 47.8 Å². The molecule has 1 aliphatic heterocycles. The maximum Gasteiger partial charge on any atom is 0.410 e. The van der Waals surface area contributed by atoms with E-state index in [0.29, 0.717) is 13.0 Å². The van der Waals surface area contributed by atoms with Gasteiger partial charge in [0.15, 0.2) is 9.84 Å². The molecule has 1 saturated heterocycles. The average Bonchev–Trinajstić information content (AvgIpc) is 3.05. The van der Waals surface area contributed by atoms with Crippen molar-refractivity contribution >= 4 is 27.3 Å². The molecule has 0 unspecified atom stereocenters. The molecule has 24 heavy (non-hydrogen) atoms. The molecule has 0 spiro atoms. The number of hydrogen-bond acceptors (Lipinski definition) is 5. The van der Waals surface area contributed by atoms with Crippen LogP contribution in [-0.4, -0.2) is 38.3 Å². The van der Waals surface area contributed by atoms with Crippen LogP contribution in [-0.2, 0) is 21.2 Å².